The van der Waals surface area contributed by atoms with Gasteiger partial charge in [0.05, 0.1) is 5.69 Å². The molecule has 2 fully saturated rings. The maximum Gasteiger partial charge on any atom is 0.103 e. The Morgan fingerprint density at radius 3 is 2.88 bits per heavy atom. The highest BCUT2D eigenvalue weighted by Crippen LogP contribution is 2.32. The Morgan fingerprint density at radius 1 is 1.29 bits per heavy atom. The molecule has 3 rings (SSSR count). The molecular formula is C13H20N2S2. The molecule has 2 aliphatic carbocycles. The van der Waals surface area contributed by atoms with Gasteiger partial charge >= 0.3 is 0 Å². The van der Waals surface area contributed by atoms with E-state index in [9.17, 15) is 0 Å². The van der Waals surface area contributed by atoms with Gasteiger partial charge in [-0.2, -0.15) is 11.8 Å². The average Bonchev–Trinajstić information content (AvgIpc) is 2.86. The number of thioether (sulfide) groups is 1. The van der Waals surface area contributed by atoms with Crippen LogP contribution in [0.5, 0.6) is 0 Å². The van der Waals surface area contributed by atoms with Gasteiger partial charge in [-0.3, -0.25) is 0 Å². The zero-order valence-electron chi connectivity index (χ0n) is 10.2. The summed E-state index contributed by atoms with van der Waals surface area (Å²) in [7, 11) is 0. The number of aromatic nitrogens is 1. The molecule has 2 nitrogen and oxygen atoms in total. The molecule has 17 heavy (non-hydrogen) atoms. The van der Waals surface area contributed by atoms with E-state index in [1.165, 1.54) is 49.2 Å². The van der Waals surface area contributed by atoms with Crippen LogP contribution in [0, 0.1) is 0 Å². The van der Waals surface area contributed by atoms with Gasteiger partial charge in [0.25, 0.3) is 0 Å². The zero-order valence-corrected chi connectivity index (χ0v) is 11.8. The lowest BCUT2D eigenvalue weighted by molar-refractivity contribution is 0.676. The predicted octanol–water partition coefficient (Wildman–Crippen LogP) is 3.57. The number of thiazole rings is 1. The number of rotatable bonds is 6. The molecule has 0 amide bonds. The van der Waals surface area contributed by atoms with Crippen molar-refractivity contribution in [2.24, 2.45) is 0 Å². The van der Waals surface area contributed by atoms with E-state index in [2.05, 4.69) is 22.5 Å². The van der Waals surface area contributed by atoms with E-state index in [0.29, 0.717) is 0 Å². The van der Waals surface area contributed by atoms with E-state index >= 15 is 0 Å². The molecule has 0 saturated heterocycles. The van der Waals surface area contributed by atoms with Crippen molar-refractivity contribution >= 4 is 23.1 Å². The summed E-state index contributed by atoms with van der Waals surface area (Å²) in [5.41, 5.74) is 1.24. The van der Waals surface area contributed by atoms with Crippen LogP contribution >= 0.6 is 23.1 Å². The molecule has 2 saturated carbocycles. The summed E-state index contributed by atoms with van der Waals surface area (Å²) in [4.78, 5) is 4.71. The van der Waals surface area contributed by atoms with Gasteiger partial charge in [0.2, 0.25) is 0 Å². The maximum absolute atomic E-state index is 4.71. The first-order chi connectivity index (χ1) is 8.40. The van der Waals surface area contributed by atoms with Crippen molar-refractivity contribution in [1.82, 2.24) is 10.3 Å². The van der Waals surface area contributed by atoms with E-state index in [-0.39, 0.29) is 0 Å². The fraction of sp³-hybridized carbons (Fsp3) is 0.769. The molecule has 0 atom stereocenters. The third-order valence-electron chi connectivity index (χ3n) is 3.49. The van der Waals surface area contributed by atoms with Crippen molar-refractivity contribution < 1.29 is 0 Å². The summed E-state index contributed by atoms with van der Waals surface area (Å²) >= 11 is 3.95. The van der Waals surface area contributed by atoms with Crippen molar-refractivity contribution in [1.29, 1.82) is 0 Å². The Morgan fingerprint density at radius 2 is 2.12 bits per heavy atom. The van der Waals surface area contributed by atoms with Gasteiger partial charge in [0, 0.05) is 29.0 Å². The van der Waals surface area contributed by atoms with Crippen LogP contribution in [0.4, 0.5) is 0 Å². The van der Waals surface area contributed by atoms with Gasteiger partial charge < -0.3 is 5.32 Å². The summed E-state index contributed by atoms with van der Waals surface area (Å²) in [5.74, 6) is 1.12. The van der Waals surface area contributed by atoms with Crippen molar-refractivity contribution in [3.8, 4) is 0 Å². The quantitative estimate of drug-likeness (QED) is 0.854. The molecule has 4 heteroatoms. The van der Waals surface area contributed by atoms with E-state index in [4.69, 9.17) is 4.98 Å². The second kappa shape index (κ2) is 5.72. The second-order valence-corrected chi connectivity index (χ2v) is 7.34. The largest absolute Gasteiger partial charge is 0.308 e. The molecule has 0 bridgehead atoms. The standard InChI is InChI=1S/C13H20N2S2/c1-2-4-12(3-1)16-9-13-15-11(8-17-13)7-14-10-5-6-10/h8,10,12,14H,1-7,9H2. The normalized spacial score (nSPS) is 21.2. The van der Waals surface area contributed by atoms with Crippen LogP contribution in [0.1, 0.15) is 49.2 Å². The Labute approximate surface area is 112 Å². The van der Waals surface area contributed by atoms with Gasteiger partial charge in [-0.05, 0) is 25.7 Å². The molecule has 2 aliphatic rings. The summed E-state index contributed by atoms with van der Waals surface area (Å²) in [6.45, 7) is 0.968. The Bertz CT molecular complexity index is 354. The lowest BCUT2D eigenvalue weighted by Crippen LogP contribution is -2.15. The predicted molar refractivity (Wildman–Crippen MR) is 75.5 cm³/mol. The van der Waals surface area contributed by atoms with Crippen LogP contribution in [0.2, 0.25) is 0 Å². The maximum atomic E-state index is 4.71. The van der Waals surface area contributed by atoms with E-state index in [1.54, 1.807) is 0 Å². The highest BCUT2D eigenvalue weighted by molar-refractivity contribution is 7.99. The smallest absolute Gasteiger partial charge is 0.103 e. The highest BCUT2D eigenvalue weighted by Gasteiger charge is 2.20. The van der Waals surface area contributed by atoms with E-state index < -0.39 is 0 Å². The third-order valence-corrected chi connectivity index (χ3v) is 5.96. The molecule has 1 aromatic rings. The van der Waals surface area contributed by atoms with Crippen LogP contribution in [0.25, 0.3) is 0 Å². The fourth-order valence-electron chi connectivity index (χ4n) is 2.28. The van der Waals surface area contributed by atoms with Gasteiger partial charge in [-0.1, -0.05) is 12.8 Å². The lowest BCUT2D eigenvalue weighted by atomic mass is 10.4. The fourth-order valence-corrected chi connectivity index (χ4v) is 4.44. The van der Waals surface area contributed by atoms with Gasteiger partial charge in [-0.25, -0.2) is 4.98 Å². The first-order valence-corrected chi connectivity index (χ1v) is 8.61. The van der Waals surface area contributed by atoms with Crippen molar-refractivity contribution in [2.75, 3.05) is 0 Å². The summed E-state index contributed by atoms with van der Waals surface area (Å²) in [5, 5.41) is 7.97. The molecule has 0 unspecified atom stereocenters. The summed E-state index contributed by atoms with van der Waals surface area (Å²) in [6, 6.07) is 0.785. The Kier molecular flexibility index (Phi) is 4.04. The first-order valence-electron chi connectivity index (χ1n) is 6.68. The average molecular weight is 268 g/mol. The number of hydrogen-bond donors (Lipinski definition) is 1. The Balaban J connectivity index is 1.42. The summed E-state index contributed by atoms with van der Waals surface area (Å²) < 4.78 is 0. The monoisotopic (exact) mass is 268 g/mol. The minimum atomic E-state index is 0.785. The molecule has 94 valence electrons. The summed E-state index contributed by atoms with van der Waals surface area (Å²) in [6.07, 6.45) is 8.43. The SMILES string of the molecule is c1sc(CSC2CCCC2)nc1CNC1CC1. The molecule has 0 radical (unpaired) electrons. The first kappa shape index (κ1) is 12.0. The minimum Gasteiger partial charge on any atom is -0.308 e. The van der Waals surface area contributed by atoms with Crippen molar-refractivity contribution in [2.45, 2.75) is 62.1 Å². The number of nitrogens with zero attached hydrogens (tertiary/aromatic N) is 1. The molecule has 1 aromatic heterocycles. The third kappa shape index (κ3) is 3.70. The van der Waals surface area contributed by atoms with Crippen LogP contribution in [-0.2, 0) is 12.3 Å². The van der Waals surface area contributed by atoms with Crippen molar-refractivity contribution in [3.05, 3.63) is 16.1 Å². The van der Waals surface area contributed by atoms with Crippen LogP contribution in [0.15, 0.2) is 5.38 Å². The minimum absolute atomic E-state index is 0.785. The lowest BCUT2D eigenvalue weighted by Gasteiger charge is -2.05. The van der Waals surface area contributed by atoms with Crippen LogP contribution in [0.3, 0.4) is 0 Å². The zero-order chi connectivity index (χ0) is 11.5. The molecule has 1 heterocycles. The Hall–Kier alpha value is -0.0600. The van der Waals surface area contributed by atoms with Gasteiger partial charge in [0.1, 0.15) is 5.01 Å². The molecule has 0 spiro atoms. The highest BCUT2D eigenvalue weighted by atomic mass is 32.2. The number of nitrogens with one attached hydrogen (secondary N) is 1. The van der Waals surface area contributed by atoms with Gasteiger partial charge in [-0.15, -0.1) is 11.3 Å². The number of hydrogen-bond acceptors (Lipinski definition) is 4. The molecule has 0 aromatic carbocycles. The van der Waals surface area contributed by atoms with E-state index in [1.807, 2.05) is 11.3 Å². The van der Waals surface area contributed by atoms with Crippen molar-refractivity contribution in [3.63, 3.8) is 0 Å². The van der Waals surface area contributed by atoms with Crippen LogP contribution in [-0.4, -0.2) is 16.3 Å². The van der Waals surface area contributed by atoms with E-state index in [0.717, 1.165) is 23.6 Å². The molecule has 1 N–H and O–H groups in total. The second-order valence-electron chi connectivity index (χ2n) is 5.11. The molecular weight excluding hydrogens is 248 g/mol. The molecule has 0 aliphatic heterocycles. The topological polar surface area (TPSA) is 24.9 Å². The van der Waals surface area contributed by atoms with Crippen LogP contribution < -0.4 is 5.32 Å². The van der Waals surface area contributed by atoms with Gasteiger partial charge in [0.15, 0.2) is 0 Å².